The van der Waals surface area contributed by atoms with Crippen LogP contribution in [0.5, 0.6) is 0 Å². The summed E-state index contributed by atoms with van der Waals surface area (Å²) in [6, 6.07) is 1.54. The van der Waals surface area contributed by atoms with E-state index >= 15 is 0 Å². The number of pyridine rings is 1. The summed E-state index contributed by atoms with van der Waals surface area (Å²) in [4.78, 5) is 3.64. The molecule has 0 amide bonds. The van der Waals surface area contributed by atoms with Gasteiger partial charge in [0.15, 0.2) is 0 Å². The highest BCUT2D eigenvalue weighted by atomic mass is 19.1. The predicted molar refractivity (Wildman–Crippen MR) is 50.8 cm³/mol. The largest absolute Gasteiger partial charge is 0.324 e. The molecule has 0 saturated carbocycles. The third kappa shape index (κ3) is 2.49. The van der Waals surface area contributed by atoms with Crippen molar-refractivity contribution in [3.63, 3.8) is 0 Å². The fraction of sp³-hybridized carbons (Fsp3) is 0.500. The molecule has 0 aliphatic heterocycles. The molecular weight excluding hydrogens is 167 g/mol. The summed E-state index contributed by atoms with van der Waals surface area (Å²) in [5.74, 6) is -0.438. The van der Waals surface area contributed by atoms with Crippen LogP contribution >= 0.6 is 0 Å². The summed E-state index contributed by atoms with van der Waals surface area (Å²) in [7, 11) is 0. The number of rotatable bonds is 3. The molecule has 1 atom stereocenters. The first-order chi connectivity index (χ1) is 6.15. The van der Waals surface area contributed by atoms with Crippen molar-refractivity contribution in [1.29, 1.82) is 0 Å². The molecule has 1 aromatic rings. The Kier molecular flexibility index (Phi) is 3.37. The summed E-state index contributed by atoms with van der Waals surface area (Å²) >= 11 is 0. The molecule has 2 N–H and O–H groups in total. The van der Waals surface area contributed by atoms with Crippen LogP contribution < -0.4 is 5.73 Å². The van der Waals surface area contributed by atoms with E-state index in [9.17, 15) is 4.39 Å². The maximum absolute atomic E-state index is 13.2. The Labute approximate surface area is 78.0 Å². The zero-order valence-corrected chi connectivity index (χ0v) is 8.05. The molecule has 0 aromatic carbocycles. The summed E-state index contributed by atoms with van der Waals surface area (Å²) in [5.41, 5.74) is 7.27. The SMILES string of the molecule is CCC[C@H](N)c1cc(C)cnc1F. The van der Waals surface area contributed by atoms with Crippen molar-refractivity contribution < 1.29 is 4.39 Å². The molecule has 0 saturated heterocycles. The van der Waals surface area contributed by atoms with Gasteiger partial charge in [-0.1, -0.05) is 13.3 Å². The molecule has 0 unspecified atom stereocenters. The van der Waals surface area contributed by atoms with Gasteiger partial charge in [-0.2, -0.15) is 4.39 Å². The summed E-state index contributed by atoms with van der Waals surface area (Å²) in [6.45, 7) is 3.91. The fourth-order valence-corrected chi connectivity index (χ4v) is 1.30. The first-order valence-electron chi connectivity index (χ1n) is 4.52. The van der Waals surface area contributed by atoms with Gasteiger partial charge in [0.2, 0.25) is 5.95 Å². The van der Waals surface area contributed by atoms with Gasteiger partial charge in [-0.05, 0) is 25.0 Å². The van der Waals surface area contributed by atoms with Crippen LogP contribution in [0.4, 0.5) is 4.39 Å². The van der Waals surface area contributed by atoms with Crippen molar-refractivity contribution in [2.24, 2.45) is 5.73 Å². The van der Waals surface area contributed by atoms with Gasteiger partial charge >= 0.3 is 0 Å². The highest BCUT2D eigenvalue weighted by molar-refractivity contribution is 5.21. The Morgan fingerprint density at radius 2 is 2.31 bits per heavy atom. The smallest absolute Gasteiger partial charge is 0.217 e. The number of aryl methyl sites for hydroxylation is 1. The Hall–Kier alpha value is -0.960. The van der Waals surface area contributed by atoms with Crippen LogP contribution in [0, 0.1) is 12.9 Å². The first-order valence-corrected chi connectivity index (χ1v) is 4.52. The van der Waals surface area contributed by atoms with E-state index in [1.54, 1.807) is 6.07 Å². The van der Waals surface area contributed by atoms with Gasteiger partial charge < -0.3 is 5.73 Å². The van der Waals surface area contributed by atoms with E-state index < -0.39 is 5.95 Å². The number of aromatic nitrogens is 1. The fourth-order valence-electron chi connectivity index (χ4n) is 1.30. The molecular formula is C10H15FN2. The molecule has 0 bridgehead atoms. The average molecular weight is 182 g/mol. The number of nitrogens with two attached hydrogens (primary N) is 1. The Bertz CT molecular complexity index is 286. The van der Waals surface area contributed by atoms with Gasteiger partial charge in [0, 0.05) is 17.8 Å². The van der Waals surface area contributed by atoms with E-state index in [1.165, 1.54) is 6.20 Å². The van der Waals surface area contributed by atoms with Gasteiger partial charge in [-0.15, -0.1) is 0 Å². The minimum Gasteiger partial charge on any atom is -0.324 e. The molecule has 0 aliphatic rings. The summed E-state index contributed by atoms with van der Waals surface area (Å²) in [5, 5.41) is 0. The van der Waals surface area contributed by atoms with Crippen LogP contribution in [0.2, 0.25) is 0 Å². The summed E-state index contributed by atoms with van der Waals surface area (Å²) < 4.78 is 13.2. The van der Waals surface area contributed by atoms with Crippen LogP contribution in [-0.2, 0) is 0 Å². The minimum absolute atomic E-state index is 0.225. The standard InChI is InChI=1S/C10H15FN2/c1-3-4-9(12)8-5-7(2)6-13-10(8)11/h5-6,9H,3-4,12H2,1-2H3/t9-/m0/s1. The van der Waals surface area contributed by atoms with Gasteiger partial charge in [0.25, 0.3) is 0 Å². The molecule has 2 nitrogen and oxygen atoms in total. The molecule has 1 heterocycles. The van der Waals surface area contributed by atoms with Crippen molar-refractivity contribution in [3.05, 3.63) is 29.3 Å². The van der Waals surface area contributed by atoms with Crippen molar-refractivity contribution >= 4 is 0 Å². The maximum atomic E-state index is 13.2. The molecule has 0 aliphatic carbocycles. The molecule has 3 heteroatoms. The van der Waals surface area contributed by atoms with Crippen LogP contribution in [0.1, 0.15) is 36.9 Å². The lowest BCUT2D eigenvalue weighted by molar-refractivity contribution is 0.529. The second-order valence-electron chi connectivity index (χ2n) is 3.29. The summed E-state index contributed by atoms with van der Waals surface area (Å²) in [6.07, 6.45) is 3.26. The lowest BCUT2D eigenvalue weighted by Gasteiger charge is -2.11. The number of nitrogens with zero attached hydrogens (tertiary/aromatic N) is 1. The van der Waals surface area contributed by atoms with E-state index in [0.29, 0.717) is 5.56 Å². The van der Waals surface area contributed by atoms with E-state index in [-0.39, 0.29) is 6.04 Å². The molecule has 0 radical (unpaired) electrons. The predicted octanol–water partition coefficient (Wildman–Crippen LogP) is 2.33. The van der Waals surface area contributed by atoms with Crippen molar-refractivity contribution in [3.8, 4) is 0 Å². The van der Waals surface area contributed by atoms with Crippen LogP contribution in [0.3, 0.4) is 0 Å². The van der Waals surface area contributed by atoms with Crippen LogP contribution in [0.15, 0.2) is 12.3 Å². The second-order valence-corrected chi connectivity index (χ2v) is 3.29. The topological polar surface area (TPSA) is 38.9 Å². The third-order valence-electron chi connectivity index (χ3n) is 2.00. The highest BCUT2D eigenvalue weighted by Gasteiger charge is 2.11. The minimum atomic E-state index is -0.438. The van der Waals surface area contributed by atoms with Crippen LogP contribution in [0.25, 0.3) is 0 Å². The second kappa shape index (κ2) is 4.33. The van der Waals surface area contributed by atoms with E-state index in [0.717, 1.165) is 18.4 Å². The van der Waals surface area contributed by atoms with Crippen molar-refractivity contribution in [1.82, 2.24) is 4.98 Å². The maximum Gasteiger partial charge on any atom is 0.217 e. The quantitative estimate of drug-likeness (QED) is 0.728. The zero-order valence-electron chi connectivity index (χ0n) is 8.05. The van der Waals surface area contributed by atoms with Gasteiger partial charge in [-0.25, -0.2) is 4.98 Å². The van der Waals surface area contributed by atoms with Crippen LogP contribution in [-0.4, -0.2) is 4.98 Å². The van der Waals surface area contributed by atoms with Gasteiger partial charge in [0.1, 0.15) is 0 Å². The molecule has 13 heavy (non-hydrogen) atoms. The van der Waals surface area contributed by atoms with Gasteiger partial charge in [0.05, 0.1) is 0 Å². The third-order valence-corrected chi connectivity index (χ3v) is 2.00. The first kappa shape index (κ1) is 10.1. The van der Waals surface area contributed by atoms with E-state index in [4.69, 9.17) is 5.73 Å². The van der Waals surface area contributed by atoms with Crippen molar-refractivity contribution in [2.75, 3.05) is 0 Å². The molecule has 1 rings (SSSR count). The molecule has 72 valence electrons. The van der Waals surface area contributed by atoms with E-state index in [1.807, 2.05) is 13.8 Å². The zero-order chi connectivity index (χ0) is 9.84. The normalized spacial score (nSPS) is 12.9. The monoisotopic (exact) mass is 182 g/mol. The highest BCUT2D eigenvalue weighted by Crippen LogP contribution is 2.18. The Morgan fingerprint density at radius 1 is 1.62 bits per heavy atom. The lowest BCUT2D eigenvalue weighted by atomic mass is 10.0. The molecule has 1 aromatic heterocycles. The average Bonchev–Trinajstić information content (AvgIpc) is 2.09. The Balaban J connectivity index is 2.91. The molecule has 0 fully saturated rings. The number of hydrogen-bond donors (Lipinski definition) is 1. The van der Waals surface area contributed by atoms with Gasteiger partial charge in [-0.3, -0.25) is 0 Å². The lowest BCUT2D eigenvalue weighted by Crippen LogP contribution is -2.12. The number of halogens is 1. The number of hydrogen-bond acceptors (Lipinski definition) is 2. The van der Waals surface area contributed by atoms with Crippen molar-refractivity contribution in [2.45, 2.75) is 32.7 Å². The Morgan fingerprint density at radius 3 is 2.92 bits per heavy atom. The van der Waals surface area contributed by atoms with E-state index in [2.05, 4.69) is 4.98 Å². The molecule has 0 spiro atoms.